The van der Waals surface area contributed by atoms with Crippen molar-refractivity contribution >= 4 is 5.97 Å². The summed E-state index contributed by atoms with van der Waals surface area (Å²) in [4.78, 5) is 14.4. The lowest BCUT2D eigenvalue weighted by Gasteiger charge is -2.26. The fraction of sp³-hybridized carbons (Fsp3) is 0.941. The van der Waals surface area contributed by atoms with E-state index in [1.165, 1.54) is 45.9 Å². The number of ether oxygens (including phenoxy) is 1. The minimum atomic E-state index is -0.541. The van der Waals surface area contributed by atoms with Gasteiger partial charge in [0.2, 0.25) is 0 Å². The van der Waals surface area contributed by atoms with E-state index in [-0.39, 0.29) is 5.97 Å². The number of esters is 1. The van der Waals surface area contributed by atoms with E-state index in [1.807, 2.05) is 14.0 Å². The minimum Gasteiger partial charge on any atom is -0.468 e. The van der Waals surface area contributed by atoms with Gasteiger partial charge in [0, 0.05) is 0 Å². The molecule has 124 valence electrons. The quantitative estimate of drug-likeness (QED) is 0.553. The first-order valence-electron chi connectivity index (χ1n) is 8.55. The van der Waals surface area contributed by atoms with E-state index in [4.69, 9.17) is 4.74 Å². The van der Waals surface area contributed by atoms with Crippen LogP contribution in [-0.4, -0.2) is 50.2 Å². The first kappa shape index (κ1) is 18.4. The smallest absolute Gasteiger partial charge is 0.325 e. The zero-order valence-corrected chi connectivity index (χ0v) is 14.4. The van der Waals surface area contributed by atoms with Gasteiger partial charge in [-0.25, -0.2) is 0 Å². The maximum absolute atomic E-state index is 11.8. The van der Waals surface area contributed by atoms with Crippen LogP contribution >= 0.6 is 0 Å². The molecule has 1 aliphatic heterocycles. The molecule has 0 aromatic carbocycles. The van der Waals surface area contributed by atoms with E-state index in [0.29, 0.717) is 0 Å². The number of carbonyl (C=O) groups excluding carboxylic acids is 1. The predicted molar refractivity (Wildman–Crippen MR) is 87.4 cm³/mol. The number of likely N-dealkylation sites (tertiary alicyclic amines) is 1. The number of likely N-dealkylation sites (N-methyl/N-ethyl adjacent to an activating group) is 1. The first-order valence-corrected chi connectivity index (χ1v) is 8.55. The van der Waals surface area contributed by atoms with Gasteiger partial charge >= 0.3 is 5.97 Å². The third-order valence-corrected chi connectivity index (χ3v) is 5.11. The van der Waals surface area contributed by atoms with Crippen molar-refractivity contribution in [2.45, 2.75) is 64.3 Å². The fourth-order valence-corrected chi connectivity index (χ4v) is 3.23. The molecule has 0 radical (unpaired) electrons. The van der Waals surface area contributed by atoms with E-state index in [1.54, 1.807) is 0 Å². The lowest BCUT2D eigenvalue weighted by Crippen LogP contribution is -2.48. The second-order valence-electron chi connectivity index (χ2n) is 6.58. The number of rotatable bonds is 8. The molecule has 2 unspecified atom stereocenters. The van der Waals surface area contributed by atoms with Crippen LogP contribution in [0.1, 0.15) is 58.8 Å². The summed E-state index contributed by atoms with van der Waals surface area (Å²) in [7, 11) is 3.29. The van der Waals surface area contributed by atoms with Crippen molar-refractivity contribution in [1.82, 2.24) is 10.2 Å². The lowest BCUT2D eigenvalue weighted by atomic mass is 9.95. The average Bonchev–Trinajstić information content (AvgIpc) is 2.75. The van der Waals surface area contributed by atoms with Gasteiger partial charge < -0.3 is 15.0 Å². The highest BCUT2D eigenvalue weighted by molar-refractivity contribution is 5.80. The second kappa shape index (κ2) is 9.42. The summed E-state index contributed by atoms with van der Waals surface area (Å²) in [6, 6.07) is 0. The standard InChI is InChI=1S/C17H34N2O2/c1-5-15-9-8-13-19(14-10-15)12-7-6-11-17(2,18-3)16(20)21-4/h15,18H,5-14H2,1-4H3. The van der Waals surface area contributed by atoms with Crippen LogP contribution in [0.3, 0.4) is 0 Å². The molecule has 0 saturated carbocycles. The average molecular weight is 298 g/mol. The Hall–Kier alpha value is -0.610. The summed E-state index contributed by atoms with van der Waals surface area (Å²) in [5.74, 6) is 0.771. The number of unbranched alkanes of at least 4 members (excludes halogenated alkanes) is 1. The predicted octanol–water partition coefficient (Wildman–Crippen LogP) is 2.82. The normalized spacial score (nSPS) is 23.3. The lowest BCUT2D eigenvalue weighted by molar-refractivity contribution is -0.148. The van der Waals surface area contributed by atoms with Gasteiger partial charge in [-0.05, 0) is 78.0 Å². The van der Waals surface area contributed by atoms with Crippen LogP contribution in [-0.2, 0) is 9.53 Å². The molecule has 1 aliphatic rings. The van der Waals surface area contributed by atoms with Crippen LogP contribution in [0.2, 0.25) is 0 Å². The van der Waals surface area contributed by atoms with E-state index < -0.39 is 5.54 Å². The number of methoxy groups -OCH3 is 1. The topological polar surface area (TPSA) is 41.6 Å². The van der Waals surface area contributed by atoms with Crippen LogP contribution in [0.5, 0.6) is 0 Å². The summed E-state index contributed by atoms with van der Waals surface area (Å²) in [6.45, 7) is 7.90. The van der Waals surface area contributed by atoms with Gasteiger partial charge in [0.25, 0.3) is 0 Å². The molecule has 1 N–H and O–H groups in total. The van der Waals surface area contributed by atoms with Gasteiger partial charge in [-0.15, -0.1) is 0 Å². The fourth-order valence-electron chi connectivity index (χ4n) is 3.23. The number of nitrogens with one attached hydrogen (secondary N) is 1. The number of nitrogens with zero attached hydrogens (tertiary/aromatic N) is 1. The van der Waals surface area contributed by atoms with Crippen molar-refractivity contribution in [1.29, 1.82) is 0 Å². The molecule has 1 heterocycles. The van der Waals surface area contributed by atoms with Crippen LogP contribution < -0.4 is 5.32 Å². The van der Waals surface area contributed by atoms with E-state index in [2.05, 4.69) is 17.1 Å². The van der Waals surface area contributed by atoms with E-state index >= 15 is 0 Å². The van der Waals surface area contributed by atoms with Gasteiger partial charge in [-0.2, -0.15) is 0 Å². The largest absolute Gasteiger partial charge is 0.468 e. The molecular formula is C17H34N2O2. The summed E-state index contributed by atoms with van der Waals surface area (Å²) >= 11 is 0. The van der Waals surface area contributed by atoms with Crippen LogP contribution in [0.25, 0.3) is 0 Å². The molecule has 0 bridgehead atoms. The van der Waals surface area contributed by atoms with Crippen molar-refractivity contribution in [3.05, 3.63) is 0 Å². The van der Waals surface area contributed by atoms with Crippen molar-refractivity contribution in [2.75, 3.05) is 33.8 Å². The molecule has 21 heavy (non-hydrogen) atoms. The monoisotopic (exact) mass is 298 g/mol. The molecule has 1 fully saturated rings. The van der Waals surface area contributed by atoms with Gasteiger partial charge in [-0.1, -0.05) is 13.3 Å². The molecule has 0 spiro atoms. The molecular weight excluding hydrogens is 264 g/mol. The SMILES string of the molecule is CCC1CCCN(CCCCC(C)(NC)C(=O)OC)CC1. The van der Waals surface area contributed by atoms with Gasteiger partial charge in [0.1, 0.15) is 5.54 Å². The van der Waals surface area contributed by atoms with Crippen LogP contribution in [0.4, 0.5) is 0 Å². The van der Waals surface area contributed by atoms with Crippen molar-refractivity contribution in [3.8, 4) is 0 Å². The molecule has 0 aromatic heterocycles. The third-order valence-electron chi connectivity index (χ3n) is 5.11. The number of hydrogen-bond donors (Lipinski definition) is 1. The summed E-state index contributed by atoms with van der Waals surface area (Å²) < 4.78 is 4.88. The Morgan fingerprint density at radius 2 is 2.10 bits per heavy atom. The van der Waals surface area contributed by atoms with Gasteiger partial charge in [0.05, 0.1) is 7.11 Å². The third kappa shape index (κ3) is 5.95. The Labute approximate surface area is 130 Å². The van der Waals surface area contributed by atoms with Crippen molar-refractivity contribution in [3.63, 3.8) is 0 Å². The highest BCUT2D eigenvalue weighted by Gasteiger charge is 2.31. The summed E-state index contributed by atoms with van der Waals surface area (Å²) in [6.07, 6.45) is 8.47. The van der Waals surface area contributed by atoms with E-state index in [0.717, 1.165) is 31.7 Å². The molecule has 1 rings (SSSR count). The van der Waals surface area contributed by atoms with Crippen LogP contribution in [0, 0.1) is 5.92 Å². The molecule has 0 aliphatic carbocycles. The molecule has 0 amide bonds. The summed E-state index contributed by atoms with van der Waals surface area (Å²) in [5.41, 5.74) is -0.541. The Morgan fingerprint density at radius 1 is 1.33 bits per heavy atom. The first-order chi connectivity index (χ1) is 10.1. The minimum absolute atomic E-state index is 0.162. The van der Waals surface area contributed by atoms with Crippen molar-refractivity contribution < 1.29 is 9.53 Å². The summed E-state index contributed by atoms with van der Waals surface area (Å²) in [5, 5.41) is 3.10. The Kier molecular flexibility index (Phi) is 8.27. The van der Waals surface area contributed by atoms with Gasteiger partial charge in [-0.3, -0.25) is 4.79 Å². The Bertz CT molecular complexity index is 309. The zero-order chi connectivity index (χ0) is 15.7. The number of hydrogen-bond acceptors (Lipinski definition) is 4. The molecule has 0 aromatic rings. The zero-order valence-electron chi connectivity index (χ0n) is 14.4. The molecule has 1 saturated heterocycles. The van der Waals surface area contributed by atoms with Crippen molar-refractivity contribution in [2.24, 2.45) is 5.92 Å². The molecule has 2 atom stereocenters. The number of carbonyl (C=O) groups is 1. The highest BCUT2D eigenvalue weighted by Crippen LogP contribution is 2.21. The van der Waals surface area contributed by atoms with Gasteiger partial charge in [0.15, 0.2) is 0 Å². The Morgan fingerprint density at radius 3 is 2.71 bits per heavy atom. The molecule has 4 heteroatoms. The molecule has 4 nitrogen and oxygen atoms in total. The maximum Gasteiger partial charge on any atom is 0.325 e. The van der Waals surface area contributed by atoms with E-state index in [9.17, 15) is 4.79 Å². The highest BCUT2D eigenvalue weighted by atomic mass is 16.5. The van der Waals surface area contributed by atoms with Crippen LogP contribution in [0.15, 0.2) is 0 Å². The second-order valence-corrected chi connectivity index (χ2v) is 6.58. The Balaban J connectivity index is 2.25. The maximum atomic E-state index is 11.8.